The number of aliphatic hydroxyl groups is 5. The summed E-state index contributed by atoms with van der Waals surface area (Å²) in [6.07, 6.45) is 63.9. The van der Waals surface area contributed by atoms with E-state index in [1.54, 1.807) is 6.08 Å². The minimum atomic E-state index is -1.62. The molecule has 1 aliphatic heterocycles. The molecule has 1 saturated heterocycles. The van der Waals surface area contributed by atoms with Gasteiger partial charge in [-0.1, -0.05) is 300 Å². The molecule has 82 heavy (non-hydrogen) atoms. The summed E-state index contributed by atoms with van der Waals surface area (Å²) in [7, 11) is 0. The van der Waals surface area contributed by atoms with Crippen molar-refractivity contribution in [1.29, 1.82) is 0 Å². The van der Waals surface area contributed by atoms with Crippen LogP contribution >= 0.6 is 0 Å². The molecule has 0 saturated carbocycles. The zero-order valence-corrected chi connectivity index (χ0v) is 53.1. The minimum absolute atomic E-state index is 0.125. The van der Waals surface area contributed by atoms with Crippen LogP contribution in [0.15, 0.2) is 60.8 Å². The first-order valence-electron chi connectivity index (χ1n) is 34.6. The Morgan fingerprint density at radius 3 is 1.28 bits per heavy atom. The highest BCUT2D eigenvalue weighted by Gasteiger charge is 2.47. The molecule has 0 aliphatic carbocycles. The molecule has 0 aromatic rings. The van der Waals surface area contributed by atoms with Gasteiger partial charge in [0, 0.05) is 6.42 Å². The Hall–Kier alpha value is -2.64. The zero-order chi connectivity index (χ0) is 59.6. The highest BCUT2D eigenvalue weighted by atomic mass is 16.7. The van der Waals surface area contributed by atoms with E-state index in [-0.39, 0.29) is 19.4 Å². The first-order chi connectivity index (χ1) is 40.2. The maximum absolute atomic E-state index is 13.5. The maximum atomic E-state index is 13.5. The Bertz CT molecular complexity index is 1560. The molecule has 478 valence electrons. The fourth-order valence-electron chi connectivity index (χ4n) is 10.7. The van der Waals surface area contributed by atoms with E-state index in [1.807, 2.05) is 6.08 Å². The second-order valence-electron chi connectivity index (χ2n) is 23.9. The number of rotatable bonds is 59. The van der Waals surface area contributed by atoms with Gasteiger partial charge < -0.3 is 45.1 Å². The average molecular weight is 1160 g/mol. The van der Waals surface area contributed by atoms with Gasteiger partial charge in [0.25, 0.3) is 0 Å². The van der Waals surface area contributed by atoms with E-state index in [4.69, 9.17) is 14.2 Å². The van der Waals surface area contributed by atoms with Crippen LogP contribution in [0.2, 0.25) is 0 Å². The summed E-state index contributed by atoms with van der Waals surface area (Å²) < 4.78 is 17.7. The number of carbonyl (C=O) groups is 2. The van der Waals surface area contributed by atoms with Gasteiger partial charge in [0.2, 0.25) is 5.91 Å². The molecule has 0 spiro atoms. The maximum Gasteiger partial charge on any atom is 0.306 e. The van der Waals surface area contributed by atoms with Crippen molar-refractivity contribution in [2.24, 2.45) is 0 Å². The zero-order valence-electron chi connectivity index (χ0n) is 53.1. The lowest BCUT2D eigenvalue weighted by molar-refractivity contribution is -0.305. The van der Waals surface area contributed by atoms with E-state index in [1.165, 1.54) is 173 Å². The van der Waals surface area contributed by atoms with Gasteiger partial charge >= 0.3 is 5.97 Å². The lowest BCUT2D eigenvalue weighted by Crippen LogP contribution is -2.61. The second-order valence-corrected chi connectivity index (χ2v) is 23.9. The van der Waals surface area contributed by atoms with Crippen molar-refractivity contribution in [3.63, 3.8) is 0 Å². The minimum Gasteiger partial charge on any atom is -0.454 e. The molecule has 0 bridgehead atoms. The van der Waals surface area contributed by atoms with Gasteiger partial charge in [-0.3, -0.25) is 9.59 Å². The van der Waals surface area contributed by atoms with Crippen molar-refractivity contribution in [2.45, 2.75) is 365 Å². The number of ether oxygens (including phenoxy) is 3. The SMILES string of the molecule is CCCCC/C=C\C/C=C\C/C=C\C/C=C\CCCCCCCCC(O)C(=O)NC(COC1OC(CO)C(O)C(O)C1OC(=O)CCCCCCCCCCCCCCCCCCCCC)C(O)/C=C/CCCCCCCCCCCC. The summed E-state index contributed by atoms with van der Waals surface area (Å²) in [6.45, 7) is 5.79. The summed E-state index contributed by atoms with van der Waals surface area (Å²) in [4.78, 5) is 26.6. The second kappa shape index (κ2) is 58.7. The molecule has 8 unspecified atom stereocenters. The molecule has 0 radical (unpaired) electrons. The van der Waals surface area contributed by atoms with Crippen LogP contribution in [0, 0.1) is 0 Å². The molecule has 0 aromatic heterocycles. The normalized spacial score (nSPS) is 19.0. The molecule has 1 aliphatic rings. The van der Waals surface area contributed by atoms with Crippen molar-refractivity contribution in [1.82, 2.24) is 5.32 Å². The number of allylic oxidation sites excluding steroid dienone is 9. The van der Waals surface area contributed by atoms with Crippen LogP contribution in [0.1, 0.15) is 316 Å². The van der Waals surface area contributed by atoms with Crippen molar-refractivity contribution in [3.8, 4) is 0 Å². The first-order valence-corrected chi connectivity index (χ1v) is 34.6. The summed E-state index contributed by atoms with van der Waals surface area (Å²) in [6, 6.07) is -1.03. The van der Waals surface area contributed by atoms with Gasteiger partial charge in [-0.25, -0.2) is 0 Å². The van der Waals surface area contributed by atoms with Crippen LogP contribution in [-0.2, 0) is 23.8 Å². The van der Waals surface area contributed by atoms with E-state index < -0.39 is 67.4 Å². The van der Waals surface area contributed by atoms with Gasteiger partial charge in [0.1, 0.15) is 24.4 Å². The third-order valence-corrected chi connectivity index (χ3v) is 16.2. The van der Waals surface area contributed by atoms with Gasteiger partial charge in [0.15, 0.2) is 12.4 Å². The molecule has 1 heterocycles. The predicted octanol–water partition coefficient (Wildman–Crippen LogP) is 17.3. The van der Waals surface area contributed by atoms with Crippen LogP contribution in [-0.4, -0.2) is 99.6 Å². The number of esters is 1. The summed E-state index contributed by atoms with van der Waals surface area (Å²) in [5.41, 5.74) is 0. The molecule has 11 nitrogen and oxygen atoms in total. The number of carbonyl (C=O) groups excluding carboxylic acids is 2. The van der Waals surface area contributed by atoms with Gasteiger partial charge in [-0.05, 0) is 70.6 Å². The largest absolute Gasteiger partial charge is 0.454 e. The number of unbranched alkanes of at least 4 members (excludes halogenated alkanes) is 37. The van der Waals surface area contributed by atoms with Crippen molar-refractivity contribution in [2.75, 3.05) is 13.2 Å². The van der Waals surface area contributed by atoms with Gasteiger partial charge in [-0.2, -0.15) is 0 Å². The third kappa shape index (κ3) is 45.7. The van der Waals surface area contributed by atoms with E-state index in [0.29, 0.717) is 12.8 Å². The number of hydrogen-bond donors (Lipinski definition) is 6. The average Bonchev–Trinajstić information content (AvgIpc) is 3.68. The summed E-state index contributed by atoms with van der Waals surface area (Å²) in [5, 5.41) is 57.2. The Kier molecular flexibility index (Phi) is 55.4. The predicted molar refractivity (Wildman–Crippen MR) is 343 cm³/mol. The Morgan fingerprint density at radius 2 is 0.841 bits per heavy atom. The molecule has 1 fully saturated rings. The van der Waals surface area contributed by atoms with Crippen molar-refractivity contribution in [3.05, 3.63) is 60.8 Å². The van der Waals surface area contributed by atoms with Crippen LogP contribution in [0.25, 0.3) is 0 Å². The fourth-order valence-corrected chi connectivity index (χ4v) is 10.7. The standard InChI is InChI=1S/C71H129NO10/c1-4-7-10-13-16-19-22-25-27-29-31-32-33-35-36-38-40-43-46-49-52-55-58-64(75)70(79)72-62(63(74)57-54-51-48-45-42-24-21-18-15-12-9-6-3)61-80-71-69(68(78)67(77)65(60-73)81-71)82-66(76)59-56-53-50-47-44-41-39-37-34-30-28-26-23-20-17-14-11-8-5-2/h16,19,25,27,31-32,35-36,54,57,62-65,67-69,71,73-75,77-78H,4-15,17-18,20-24,26,28-30,33-34,37-53,55-56,58-61H2,1-3H3,(H,72,79)/b19-16-,27-25-,32-31-,36-35-,57-54+. The summed E-state index contributed by atoms with van der Waals surface area (Å²) >= 11 is 0. The topological polar surface area (TPSA) is 175 Å². The lowest BCUT2D eigenvalue weighted by Gasteiger charge is -2.41. The smallest absolute Gasteiger partial charge is 0.306 e. The van der Waals surface area contributed by atoms with E-state index in [0.717, 1.165) is 96.3 Å². The lowest BCUT2D eigenvalue weighted by atomic mass is 9.99. The molecule has 11 heteroatoms. The number of aliphatic hydroxyl groups excluding tert-OH is 5. The monoisotopic (exact) mass is 1160 g/mol. The van der Waals surface area contributed by atoms with Crippen LogP contribution in [0.5, 0.6) is 0 Å². The molecule has 6 N–H and O–H groups in total. The highest BCUT2D eigenvalue weighted by molar-refractivity contribution is 5.80. The number of nitrogens with one attached hydrogen (secondary N) is 1. The molecule has 8 atom stereocenters. The molecular weight excluding hydrogens is 1030 g/mol. The molecular formula is C71H129NO10. The Labute approximate surface area is 503 Å². The van der Waals surface area contributed by atoms with Gasteiger partial charge in [-0.15, -0.1) is 0 Å². The fraction of sp³-hybridized carbons (Fsp3) is 0.831. The van der Waals surface area contributed by atoms with Crippen LogP contribution in [0.4, 0.5) is 0 Å². The van der Waals surface area contributed by atoms with Gasteiger partial charge in [0.05, 0.1) is 25.4 Å². The Morgan fingerprint density at radius 1 is 0.476 bits per heavy atom. The molecule has 0 aromatic carbocycles. The van der Waals surface area contributed by atoms with E-state index in [2.05, 4.69) is 74.7 Å². The third-order valence-electron chi connectivity index (χ3n) is 16.2. The number of amides is 1. The van der Waals surface area contributed by atoms with Crippen molar-refractivity contribution < 1.29 is 49.3 Å². The quantitative estimate of drug-likeness (QED) is 0.0195. The van der Waals surface area contributed by atoms with Crippen molar-refractivity contribution >= 4 is 11.9 Å². The highest BCUT2D eigenvalue weighted by Crippen LogP contribution is 2.26. The first kappa shape index (κ1) is 77.4. The van der Waals surface area contributed by atoms with Crippen LogP contribution < -0.4 is 5.32 Å². The van der Waals surface area contributed by atoms with E-state index in [9.17, 15) is 35.1 Å². The van der Waals surface area contributed by atoms with E-state index >= 15 is 0 Å². The Balaban J connectivity index is 2.62. The molecule has 1 rings (SSSR count). The summed E-state index contributed by atoms with van der Waals surface area (Å²) in [5.74, 6) is -1.20. The van der Waals surface area contributed by atoms with Crippen LogP contribution in [0.3, 0.4) is 0 Å². The number of hydrogen-bond acceptors (Lipinski definition) is 10. The molecule has 1 amide bonds.